The van der Waals surface area contributed by atoms with Crippen LogP contribution in [0.1, 0.15) is 65.7 Å². The Labute approximate surface area is 118 Å². The molecule has 1 aliphatic carbocycles. The smallest absolute Gasteiger partial charge is 0.0833 e. The van der Waals surface area contributed by atoms with Crippen LogP contribution in [0.4, 0.5) is 0 Å². The fourth-order valence-electron chi connectivity index (χ4n) is 3.15. The van der Waals surface area contributed by atoms with Crippen LogP contribution in [0, 0.1) is 22.7 Å². The van der Waals surface area contributed by atoms with Crippen LogP contribution in [0.3, 0.4) is 0 Å². The van der Waals surface area contributed by atoms with E-state index in [1.165, 1.54) is 12.8 Å². The molecule has 0 heterocycles. The van der Waals surface area contributed by atoms with E-state index in [1.54, 1.807) is 7.11 Å². The zero-order valence-corrected chi connectivity index (χ0v) is 12.9. The lowest BCUT2D eigenvalue weighted by Crippen LogP contribution is -2.42. The predicted octanol–water partition coefficient (Wildman–Crippen LogP) is 3.66. The summed E-state index contributed by atoms with van der Waals surface area (Å²) in [5.74, 6) is 0.745. The van der Waals surface area contributed by atoms with Gasteiger partial charge in [-0.3, -0.25) is 0 Å². The molecule has 1 unspecified atom stereocenters. The number of methoxy groups -OCH3 is 1. The maximum atomic E-state index is 10.5. The van der Waals surface area contributed by atoms with Gasteiger partial charge in [0.1, 0.15) is 0 Å². The Morgan fingerprint density at radius 2 is 2.00 bits per heavy atom. The fraction of sp³-hybridized carbons (Fsp3) is 0.938. The van der Waals surface area contributed by atoms with Crippen LogP contribution in [0.5, 0.6) is 0 Å². The second-order valence-corrected chi connectivity index (χ2v) is 6.68. The summed E-state index contributed by atoms with van der Waals surface area (Å²) < 4.78 is 5.38. The van der Waals surface area contributed by atoms with Gasteiger partial charge in [-0.2, -0.15) is 5.26 Å². The van der Waals surface area contributed by atoms with Gasteiger partial charge < -0.3 is 9.84 Å². The quantitative estimate of drug-likeness (QED) is 0.799. The third-order valence-electron chi connectivity index (χ3n) is 4.79. The van der Waals surface area contributed by atoms with Crippen molar-refractivity contribution >= 4 is 0 Å². The number of nitriles is 1. The van der Waals surface area contributed by atoms with Crippen LogP contribution in [0.2, 0.25) is 0 Å². The molecular formula is C16H29NO2. The Morgan fingerprint density at radius 3 is 2.42 bits per heavy atom. The monoisotopic (exact) mass is 267 g/mol. The first-order valence-electron chi connectivity index (χ1n) is 7.53. The molecular weight excluding hydrogens is 238 g/mol. The molecule has 1 rings (SSSR count). The van der Waals surface area contributed by atoms with Crippen molar-refractivity contribution in [2.24, 2.45) is 11.3 Å². The molecule has 110 valence electrons. The Kier molecular flexibility index (Phi) is 5.82. The van der Waals surface area contributed by atoms with Gasteiger partial charge in [0, 0.05) is 13.5 Å². The van der Waals surface area contributed by atoms with E-state index in [4.69, 9.17) is 4.74 Å². The van der Waals surface area contributed by atoms with E-state index in [9.17, 15) is 10.4 Å². The molecule has 0 bridgehead atoms. The van der Waals surface area contributed by atoms with Gasteiger partial charge in [-0.1, -0.05) is 19.8 Å². The number of ether oxygens (including phenoxy) is 1. The van der Waals surface area contributed by atoms with Gasteiger partial charge >= 0.3 is 0 Å². The lowest BCUT2D eigenvalue weighted by molar-refractivity contribution is -0.0588. The second kappa shape index (κ2) is 6.72. The summed E-state index contributed by atoms with van der Waals surface area (Å²) in [6.45, 7) is 6.14. The number of nitrogens with zero attached hydrogens (tertiary/aromatic N) is 1. The van der Waals surface area contributed by atoms with Crippen LogP contribution in [-0.4, -0.2) is 23.9 Å². The molecule has 0 saturated heterocycles. The average Bonchev–Trinajstić information content (AvgIpc) is 2.39. The molecule has 1 atom stereocenters. The van der Waals surface area contributed by atoms with Gasteiger partial charge in [0.2, 0.25) is 0 Å². The van der Waals surface area contributed by atoms with Crippen molar-refractivity contribution in [2.45, 2.75) is 77.4 Å². The lowest BCUT2D eigenvalue weighted by Gasteiger charge is -2.40. The lowest BCUT2D eigenvalue weighted by atomic mass is 9.66. The Bertz CT molecular complexity index is 311. The zero-order valence-electron chi connectivity index (χ0n) is 12.9. The standard InChI is InChI=1S/C16H29NO2/c1-5-6-13-7-9-16(12-17,10-8-13)14(18)11-15(2,3)19-4/h13-14,18H,5-11H2,1-4H3. The highest BCUT2D eigenvalue weighted by Crippen LogP contribution is 2.44. The molecule has 0 spiro atoms. The van der Waals surface area contributed by atoms with Crippen LogP contribution in [0.25, 0.3) is 0 Å². The van der Waals surface area contributed by atoms with Gasteiger partial charge in [0.25, 0.3) is 0 Å². The minimum absolute atomic E-state index is 0.371. The van der Waals surface area contributed by atoms with Crippen molar-refractivity contribution in [3.63, 3.8) is 0 Å². The molecule has 19 heavy (non-hydrogen) atoms. The molecule has 1 aliphatic rings. The number of hydrogen-bond donors (Lipinski definition) is 1. The Morgan fingerprint density at radius 1 is 1.42 bits per heavy atom. The first-order valence-corrected chi connectivity index (χ1v) is 7.53. The molecule has 1 N–H and O–H groups in total. The van der Waals surface area contributed by atoms with Crippen LogP contribution in [-0.2, 0) is 4.74 Å². The van der Waals surface area contributed by atoms with Crippen molar-refractivity contribution in [1.82, 2.24) is 0 Å². The summed E-state index contributed by atoms with van der Waals surface area (Å²) in [6.07, 6.45) is 6.21. The number of aliphatic hydroxyl groups is 1. The maximum absolute atomic E-state index is 10.5. The zero-order chi connectivity index (χ0) is 14.5. The summed E-state index contributed by atoms with van der Waals surface area (Å²) in [7, 11) is 1.66. The molecule has 1 saturated carbocycles. The third-order valence-corrected chi connectivity index (χ3v) is 4.79. The number of aliphatic hydroxyl groups excluding tert-OH is 1. The fourth-order valence-corrected chi connectivity index (χ4v) is 3.15. The van der Waals surface area contributed by atoms with Crippen molar-refractivity contribution in [1.29, 1.82) is 5.26 Å². The number of hydrogen-bond acceptors (Lipinski definition) is 3. The van der Waals surface area contributed by atoms with Gasteiger partial charge in [-0.15, -0.1) is 0 Å². The van der Waals surface area contributed by atoms with Crippen molar-refractivity contribution in [2.75, 3.05) is 7.11 Å². The first kappa shape index (κ1) is 16.5. The molecule has 0 aromatic heterocycles. The summed E-state index contributed by atoms with van der Waals surface area (Å²) >= 11 is 0. The normalized spacial score (nSPS) is 29.8. The molecule has 0 aromatic carbocycles. The summed E-state index contributed by atoms with van der Waals surface area (Å²) in [5.41, 5.74) is -0.927. The van der Waals surface area contributed by atoms with Crippen LogP contribution < -0.4 is 0 Å². The van der Waals surface area contributed by atoms with Crippen molar-refractivity contribution < 1.29 is 9.84 Å². The number of rotatable bonds is 6. The average molecular weight is 267 g/mol. The van der Waals surface area contributed by atoms with Gasteiger partial charge in [0.15, 0.2) is 0 Å². The van der Waals surface area contributed by atoms with E-state index in [0.29, 0.717) is 6.42 Å². The summed E-state index contributed by atoms with van der Waals surface area (Å²) in [4.78, 5) is 0. The van der Waals surface area contributed by atoms with Gasteiger partial charge in [-0.25, -0.2) is 0 Å². The molecule has 3 heteroatoms. The second-order valence-electron chi connectivity index (χ2n) is 6.68. The third kappa shape index (κ3) is 4.19. The predicted molar refractivity (Wildman–Crippen MR) is 76.6 cm³/mol. The topological polar surface area (TPSA) is 53.2 Å². The van der Waals surface area contributed by atoms with E-state index < -0.39 is 11.5 Å². The molecule has 0 aliphatic heterocycles. The molecule has 0 amide bonds. The summed E-state index contributed by atoms with van der Waals surface area (Å²) in [6, 6.07) is 2.42. The van der Waals surface area contributed by atoms with E-state index in [1.807, 2.05) is 13.8 Å². The Balaban J connectivity index is 2.65. The van der Waals surface area contributed by atoms with Gasteiger partial charge in [-0.05, 0) is 45.4 Å². The highest BCUT2D eigenvalue weighted by molar-refractivity contribution is 5.06. The minimum atomic E-state index is -0.588. The first-order chi connectivity index (χ1) is 8.89. The SMILES string of the molecule is CCCC1CCC(C#N)(C(O)CC(C)(C)OC)CC1. The largest absolute Gasteiger partial charge is 0.391 e. The molecule has 0 radical (unpaired) electrons. The highest BCUT2D eigenvalue weighted by Gasteiger charge is 2.43. The highest BCUT2D eigenvalue weighted by atomic mass is 16.5. The van der Waals surface area contributed by atoms with Gasteiger partial charge in [0.05, 0.1) is 23.2 Å². The van der Waals surface area contributed by atoms with E-state index in [-0.39, 0.29) is 5.60 Å². The summed E-state index contributed by atoms with van der Waals surface area (Å²) in [5, 5.41) is 20.1. The van der Waals surface area contributed by atoms with Crippen molar-refractivity contribution in [3.05, 3.63) is 0 Å². The van der Waals surface area contributed by atoms with Crippen molar-refractivity contribution in [3.8, 4) is 6.07 Å². The van der Waals surface area contributed by atoms with E-state index >= 15 is 0 Å². The minimum Gasteiger partial charge on any atom is -0.391 e. The maximum Gasteiger partial charge on any atom is 0.0833 e. The molecule has 1 fully saturated rings. The van der Waals surface area contributed by atoms with E-state index in [2.05, 4.69) is 13.0 Å². The molecule has 0 aromatic rings. The Hall–Kier alpha value is -0.590. The van der Waals surface area contributed by atoms with Crippen LogP contribution >= 0.6 is 0 Å². The van der Waals surface area contributed by atoms with E-state index in [0.717, 1.165) is 31.6 Å². The van der Waals surface area contributed by atoms with Crippen LogP contribution in [0.15, 0.2) is 0 Å². The molecule has 3 nitrogen and oxygen atoms in total.